The molecule has 1 unspecified atom stereocenters. The number of hydrogen-bond donors (Lipinski definition) is 1. The monoisotopic (exact) mass is 252 g/mol. The van der Waals surface area contributed by atoms with Gasteiger partial charge in [-0.15, -0.1) is 12.3 Å². The van der Waals surface area contributed by atoms with Crippen LogP contribution in [0.15, 0.2) is 22.8 Å². The third-order valence-corrected chi connectivity index (χ3v) is 2.71. The maximum absolute atomic E-state index is 5.24. The highest BCUT2D eigenvalue weighted by molar-refractivity contribution is 9.10. The summed E-state index contributed by atoms with van der Waals surface area (Å²) in [4.78, 5) is 4.32. The summed E-state index contributed by atoms with van der Waals surface area (Å²) in [7, 11) is 1.92. The van der Waals surface area contributed by atoms with Gasteiger partial charge in [-0.1, -0.05) is 0 Å². The van der Waals surface area contributed by atoms with Crippen LogP contribution in [0.3, 0.4) is 0 Å². The SMILES string of the molecule is C#CCCC(NC)c1ncccc1Br. The molecule has 3 heteroatoms. The van der Waals surface area contributed by atoms with E-state index < -0.39 is 0 Å². The lowest BCUT2D eigenvalue weighted by molar-refractivity contribution is 0.542. The Kier molecular flexibility index (Phi) is 4.64. The van der Waals surface area contributed by atoms with E-state index >= 15 is 0 Å². The minimum absolute atomic E-state index is 0.224. The highest BCUT2D eigenvalue weighted by Crippen LogP contribution is 2.23. The number of halogens is 1. The van der Waals surface area contributed by atoms with Crippen molar-refractivity contribution >= 4 is 15.9 Å². The standard InChI is InChI=1S/C11H13BrN2/c1-3-4-7-10(13-2)11-9(12)6-5-8-14-11/h1,5-6,8,10,13H,4,7H2,2H3. The normalized spacial score (nSPS) is 12.1. The zero-order chi connectivity index (χ0) is 10.4. The van der Waals surface area contributed by atoms with E-state index in [2.05, 4.69) is 32.2 Å². The molecule has 1 heterocycles. The molecule has 1 aromatic rings. The molecule has 74 valence electrons. The van der Waals surface area contributed by atoms with E-state index in [0.29, 0.717) is 0 Å². The number of aromatic nitrogens is 1. The summed E-state index contributed by atoms with van der Waals surface area (Å²) in [6.45, 7) is 0. The molecule has 0 saturated carbocycles. The van der Waals surface area contributed by atoms with Crippen LogP contribution >= 0.6 is 15.9 Å². The average molecular weight is 253 g/mol. The number of pyridine rings is 1. The van der Waals surface area contributed by atoms with Gasteiger partial charge in [-0.3, -0.25) is 4.98 Å². The molecule has 14 heavy (non-hydrogen) atoms. The summed E-state index contributed by atoms with van der Waals surface area (Å²) in [5.41, 5.74) is 1.02. The van der Waals surface area contributed by atoms with E-state index in [-0.39, 0.29) is 6.04 Å². The van der Waals surface area contributed by atoms with Crippen molar-refractivity contribution in [1.82, 2.24) is 10.3 Å². The van der Waals surface area contributed by atoms with Crippen molar-refractivity contribution in [1.29, 1.82) is 0 Å². The largest absolute Gasteiger partial charge is 0.312 e. The molecule has 2 nitrogen and oxygen atoms in total. The van der Waals surface area contributed by atoms with Crippen molar-refractivity contribution in [3.63, 3.8) is 0 Å². The first-order valence-corrected chi connectivity index (χ1v) is 5.30. The van der Waals surface area contributed by atoms with Gasteiger partial charge in [0.15, 0.2) is 0 Å². The minimum Gasteiger partial charge on any atom is -0.312 e. The molecule has 1 rings (SSSR count). The molecular weight excluding hydrogens is 240 g/mol. The summed E-state index contributed by atoms with van der Waals surface area (Å²) in [6, 6.07) is 4.12. The van der Waals surface area contributed by atoms with E-state index in [9.17, 15) is 0 Å². The van der Waals surface area contributed by atoms with E-state index in [0.717, 1.165) is 23.0 Å². The molecule has 0 bridgehead atoms. The molecule has 0 saturated heterocycles. The van der Waals surface area contributed by atoms with Crippen molar-refractivity contribution in [2.24, 2.45) is 0 Å². The first-order chi connectivity index (χ1) is 6.79. The van der Waals surface area contributed by atoms with E-state index in [1.165, 1.54) is 0 Å². The Morgan fingerprint density at radius 2 is 2.50 bits per heavy atom. The average Bonchev–Trinajstić information content (AvgIpc) is 2.21. The second-order valence-corrected chi connectivity index (χ2v) is 3.81. The predicted molar refractivity (Wildman–Crippen MR) is 61.8 cm³/mol. The zero-order valence-corrected chi connectivity index (χ0v) is 9.71. The third-order valence-electron chi connectivity index (χ3n) is 2.04. The van der Waals surface area contributed by atoms with E-state index in [4.69, 9.17) is 6.42 Å². The fourth-order valence-electron chi connectivity index (χ4n) is 1.30. The Hall–Kier alpha value is -0.850. The van der Waals surface area contributed by atoms with Crippen LogP contribution in [-0.2, 0) is 0 Å². The molecule has 0 aromatic carbocycles. The van der Waals surface area contributed by atoms with Crippen LogP contribution in [0, 0.1) is 12.3 Å². The molecule has 0 aliphatic rings. The van der Waals surface area contributed by atoms with Gasteiger partial charge in [0.05, 0.1) is 11.7 Å². The van der Waals surface area contributed by atoms with Gasteiger partial charge in [-0.2, -0.15) is 0 Å². The molecule has 0 fully saturated rings. The molecule has 0 spiro atoms. The first kappa shape index (κ1) is 11.2. The van der Waals surface area contributed by atoms with Crippen LogP contribution in [0.5, 0.6) is 0 Å². The van der Waals surface area contributed by atoms with Crippen LogP contribution < -0.4 is 5.32 Å². The highest BCUT2D eigenvalue weighted by atomic mass is 79.9. The Balaban J connectivity index is 2.79. The summed E-state index contributed by atoms with van der Waals surface area (Å²) < 4.78 is 1.02. The minimum atomic E-state index is 0.224. The predicted octanol–water partition coefficient (Wildman–Crippen LogP) is 2.52. The van der Waals surface area contributed by atoms with Gasteiger partial charge >= 0.3 is 0 Å². The smallest absolute Gasteiger partial charge is 0.0715 e. The number of terminal acetylenes is 1. The van der Waals surface area contributed by atoms with Crippen molar-refractivity contribution in [2.75, 3.05) is 7.05 Å². The van der Waals surface area contributed by atoms with Gasteiger partial charge in [0.2, 0.25) is 0 Å². The fraction of sp³-hybridized carbons (Fsp3) is 0.364. The summed E-state index contributed by atoms with van der Waals surface area (Å²) in [5, 5.41) is 3.21. The van der Waals surface area contributed by atoms with Gasteiger partial charge in [0.1, 0.15) is 0 Å². The molecule has 0 aliphatic heterocycles. The molecule has 1 N–H and O–H groups in total. The molecular formula is C11H13BrN2. The van der Waals surface area contributed by atoms with Crippen LogP contribution in [0.4, 0.5) is 0 Å². The van der Waals surface area contributed by atoms with Gasteiger partial charge < -0.3 is 5.32 Å². The lowest BCUT2D eigenvalue weighted by atomic mass is 10.1. The number of rotatable bonds is 4. The van der Waals surface area contributed by atoms with Crippen molar-refractivity contribution in [3.8, 4) is 12.3 Å². The molecule has 0 aliphatic carbocycles. The number of nitrogens with one attached hydrogen (secondary N) is 1. The Morgan fingerprint density at radius 3 is 3.07 bits per heavy atom. The van der Waals surface area contributed by atoms with Crippen molar-refractivity contribution in [3.05, 3.63) is 28.5 Å². The van der Waals surface area contributed by atoms with Crippen LogP contribution in [0.2, 0.25) is 0 Å². The Bertz CT molecular complexity index is 330. The quantitative estimate of drug-likeness (QED) is 0.834. The lowest BCUT2D eigenvalue weighted by Crippen LogP contribution is -2.17. The molecule has 0 amide bonds. The third kappa shape index (κ3) is 2.83. The second-order valence-electron chi connectivity index (χ2n) is 2.95. The topological polar surface area (TPSA) is 24.9 Å². The van der Waals surface area contributed by atoms with Crippen molar-refractivity contribution in [2.45, 2.75) is 18.9 Å². The highest BCUT2D eigenvalue weighted by Gasteiger charge is 2.12. The van der Waals surface area contributed by atoms with Gasteiger partial charge in [0.25, 0.3) is 0 Å². The summed E-state index contributed by atoms with van der Waals surface area (Å²) >= 11 is 3.48. The van der Waals surface area contributed by atoms with Gasteiger partial charge in [0, 0.05) is 17.1 Å². The van der Waals surface area contributed by atoms with Gasteiger partial charge in [-0.05, 0) is 41.5 Å². The maximum atomic E-state index is 5.24. The molecule has 1 aromatic heterocycles. The van der Waals surface area contributed by atoms with Crippen molar-refractivity contribution < 1.29 is 0 Å². The Labute approximate surface area is 93.3 Å². The van der Waals surface area contributed by atoms with E-state index in [1.807, 2.05) is 19.2 Å². The zero-order valence-electron chi connectivity index (χ0n) is 8.13. The second kappa shape index (κ2) is 5.79. The molecule has 1 atom stereocenters. The first-order valence-electron chi connectivity index (χ1n) is 4.50. The van der Waals surface area contributed by atoms with Crippen LogP contribution in [0.25, 0.3) is 0 Å². The summed E-state index contributed by atoms with van der Waals surface area (Å²) in [5.74, 6) is 2.64. The number of hydrogen-bond acceptors (Lipinski definition) is 2. The van der Waals surface area contributed by atoms with Gasteiger partial charge in [-0.25, -0.2) is 0 Å². The number of nitrogens with zero attached hydrogens (tertiary/aromatic N) is 1. The lowest BCUT2D eigenvalue weighted by Gasteiger charge is -2.15. The van der Waals surface area contributed by atoms with E-state index in [1.54, 1.807) is 6.20 Å². The Morgan fingerprint density at radius 1 is 1.71 bits per heavy atom. The van der Waals surface area contributed by atoms with Crippen LogP contribution in [-0.4, -0.2) is 12.0 Å². The molecule has 0 radical (unpaired) electrons. The van der Waals surface area contributed by atoms with Crippen LogP contribution in [0.1, 0.15) is 24.6 Å². The maximum Gasteiger partial charge on any atom is 0.0715 e. The fourth-order valence-corrected chi connectivity index (χ4v) is 1.83. The summed E-state index contributed by atoms with van der Waals surface area (Å²) in [6.07, 6.45) is 8.69.